The van der Waals surface area contributed by atoms with E-state index in [1.54, 1.807) is 6.26 Å². The fraction of sp³-hybridized carbons (Fsp3) is 0.350. The smallest absolute Gasteiger partial charge is 0.224 e. The molecule has 0 spiro atoms. The third-order valence-corrected chi connectivity index (χ3v) is 4.62. The molecule has 2 atom stereocenters. The fourth-order valence-corrected chi connectivity index (χ4v) is 3.41. The predicted molar refractivity (Wildman–Crippen MR) is 94.2 cm³/mol. The lowest BCUT2D eigenvalue weighted by atomic mass is 9.88. The molecule has 1 N–H and O–H groups in total. The van der Waals surface area contributed by atoms with Crippen molar-refractivity contribution in [1.29, 1.82) is 0 Å². The first-order valence-corrected chi connectivity index (χ1v) is 8.48. The average molecular weight is 324 g/mol. The van der Waals surface area contributed by atoms with Gasteiger partial charge in [0.1, 0.15) is 5.76 Å². The Morgan fingerprint density at radius 3 is 2.79 bits per heavy atom. The SMILES string of the molecule is C=CCN1C[C@@H](C(=O)NCc2ccco2)CC[C@@H]1c1ccccc1. The van der Waals surface area contributed by atoms with Crippen molar-refractivity contribution in [1.82, 2.24) is 10.2 Å². The number of nitrogens with one attached hydrogen (secondary N) is 1. The molecular weight excluding hydrogens is 300 g/mol. The molecule has 1 amide bonds. The molecule has 0 bridgehead atoms. The first-order chi connectivity index (χ1) is 11.8. The summed E-state index contributed by atoms with van der Waals surface area (Å²) in [5, 5.41) is 2.99. The van der Waals surface area contributed by atoms with Gasteiger partial charge in [0.25, 0.3) is 0 Å². The molecule has 4 heteroatoms. The largest absolute Gasteiger partial charge is 0.467 e. The third kappa shape index (κ3) is 3.95. The van der Waals surface area contributed by atoms with Crippen LogP contribution in [-0.4, -0.2) is 23.9 Å². The van der Waals surface area contributed by atoms with E-state index in [9.17, 15) is 4.79 Å². The Kier molecular flexibility index (Phi) is 5.49. The third-order valence-electron chi connectivity index (χ3n) is 4.62. The van der Waals surface area contributed by atoms with Crippen molar-refractivity contribution in [3.8, 4) is 0 Å². The number of carbonyl (C=O) groups excluding carboxylic acids is 1. The van der Waals surface area contributed by atoms with Crippen LogP contribution in [0.3, 0.4) is 0 Å². The van der Waals surface area contributed by atoms with E-state index in [0.717, 1.165) is 31.7 Å². The molecule has 2 aromatic rings. The molecule has 1 aliphatic rings. The van der Waals surface area contributed by atoms with Crippen molar-refractivity contribution in [3.05, 3.63) is 72.7 Å². The maximum absolute atomic E-state index is 12.5. The fourth-order valence-electron chi connectivity index (χ4n) is 3.41. The van der Waals surface area contributed by atoms with Gasteiger partial charge in [-0.1, -0.05) is 36.4 Å². The van der Waals surface area contributed by atoms with Gasteiger partial charge in [0.15, 0.2) is 0 Å². The molecule has 126 valence electrons. The zero-order valence-corrected chi connectivity index (χ0v) is 13.9. The molecule has 0 unspecified atom stereocenters. The first-order valence-electron chi connectivity index (χ1n) is 8.48. The Labute approximate surface area is 143 Å². The van der Waals surface area contributed by atoms with Gasteiger partial charge in [-0.2, -0.15) is 0 Å². The van der Waals surface area contributed by atoms with E-state index in [1.165, 1.54) is 5.56 Å². The number of nitrogens with zero attached hydrogens (tertiary/aromatic N) is 1. The summed E-state index contributed by atoms with van der Waals surface area (Å²) in [7, 11) is 0. The number of furan rings is 1. The van der Waals surface area contributed by atoms with E-state index < -0.39 is 0 Å². The van der Waals surface area contributed by atoms with Crippen LogP contribution >= 0.6 is 0 Å². The van der Waals surface area contributed by atoms with Gasteiger partial charge in [0, 0.05) is 19.1 Å². The van der Waals surface area contributed by atoms with Crippen LogP contribution in [0, 0.1) is 5.92 Å². The Bertz CT molecular complexity index is 652. The van der Waals surface area contributed by atoms with Crippen molar-refractivity contribution in [2.75, 3.05) is 13.1 Å². The molecule has 2 heterocycles. The summed E-state index contributed by atoms with van der Waals surface area (Å²) in [6.07, 6.45) is 5.42. The van der Waals surface area contributed by atoms with Crippen LogP contribution in [0.25, 0.3) is 0 Å². The monoisotopic (exact) mass is 324 g/mol. The van der Waals surface area contributed by atoms with E-state index in [0.29, 0.717) is 12.6 Å². The van der Waals surface area contributed by atoms with Gasteiger partial charge in [0.2, 0.25) is 5.91 Å². The van der Waals surface area contributed by atoms with Crippen LogP contribution in [0.4, 0.5) is 0 Å². The molecule has 24 heavy (non-hydrogen) atoms. The zero-order valence-electron chi connectivity index (χ0n) is 13.9. The minimum atomic E-state index is 0.0138. The Balaban J connectivity index is 1.61. The molecule has 3 rings (SSSR count). The number of amides is 1. The highest BCUT2D eigenvalue weighted by Crippen LogP contribution is 2.33. The van der Waals surface area contributed by atoms with Gasteiger partial charge >= 0.3 is 0 Å². The lowest BCUT2D eigenvalue weighted by molar-refractivity contribution is -0.127. The van der Waals surface area contributed by atoms with Gasteiger partial charge in [-0.15, -0.1) is 6.58 Å². The predicted octanol–water partition coefficient (Wildman–Crippen LogP) is 3.54. The van der Waals surface area contributed by atoms with E-state index in [4.69, 9.17) is 4.42 Å². The molecule has 0 saturated carbocycles. The van der Waals surface area contributed by atoms with Crippen LogP contribution in [0.2, 0.25) is 0 Å². The van der Waals surface area contributed by atoms with Gasteiger partial charge in [-0.05, 0) is 30.5 Å². The highest BCUT2D eigenvalue weighted by atomic mass is 16.3. The molecular formula is C20H24N2O2. The van der Waals surface area contributed by atoms with Crippen LogP contribution in [0.5, 0.6) is 0 Å². The molecule has 0 aliphatic carbocycles. The minimum absolute atomic E-state index is 0.0138. The molecule has 1 aromatic heterocycles. The Morgan fingerprint density at radius 1 is 1.25 bits per heavy atom. The molecule has 4 nitrogen and oxygen atoms in total. The molecule has 1 aliphatic heterocycles. The lowest BCUT2D eigenvalue weighted by Gasteiger charge is -2.39. The Morgan fingerprint density at radius 2 is 2.08 bits per heavy atom. The Hall–Kier alpha value is -2.33. The summed E-state index contributed by atoms with van der Waals surface area (Å²) in [5.74, 6) is 0.899. The van der Waals surface area contributed by atoms with E-state index >= 15 is 0 Å². The van der Waals surface area contributed by atoms with Crippen molar-refractivity contribution in [2.24, 2.45) is 5.92 Å². The topological polar surface area (TPSA) is 45.5 Å². The number of likely N-dealkylation sites (tertiary alicyclic amines) is 1. The standard InChI is InChI=1S/C20H24N2O2/c1-2-12-22-15-17(20(23)21-14-18-9-6-13-24-18)10-11-19(22)16-7-4-3-5-8-16/h2-9,13,17,19H,1,10-12,14-15H2,(H,21,23)/t17-,19+/m0/s1. The molecule has 0 radical (unpaired) electrons. The van der Waals surface area contributed by atoms with Crippen LogP contribution in [0.1, 0.15) is 30.2 Å². The van der Waals surface area contributed by atoms with Gasteiger partial charge in [-0.3, -0.25) is 9.69 Å². The second-order valence-corrected chi connectivity index (χ2v) is 6.24. The van der Waals surface area contributed by atoms with Crippen LogP contribution in [0.15, 0.2) is 65.8 Å². The van der Waals surface area contributed by atoms with Gasteiger partial charge < -0.3 is 9.73 Å². The second-order valence-electron chi connectivity index (χ2n) is 6.24. The van der Waals surface area contributed by atoms with Crippen LogP contribution in [-0.2, 0) is 11.3 Å². The van der Waals surface area contributed by atoms with Crippen molar-refractivity contribution in [3.63, 3.8) is 0 Å². The van der Waals surface area contributed by atoms with E-state index in [2.05, 4.69) is 41.1 Å². The summed E-state index contributed by atoms with van der Waals surface area (Å²) >= 11 is 0. The quantitative estimate of drug-likeness (QED) is 0.827. The van der Waals surface area contributed by atoms with Crippen LogP contribution < -0.4 is 5.32 Å². The van der Waals surface area contributed by atoms with Gasteiger partial charge in [0.05, 0.1) is 18.7 Å². The molecule has 1 aromatic carbocycles. The summed E-state index contributed by atoms with van der Waals surface area (Å²) < 4.78 is 5.27. The van der Waals surface area contributed by atoms with Gasteiger partial charge in [-0.25, -0.2) is 0 Å². The van der Waals surface area contributed by atoms with E-state index in [1.807, 2.05) is 24.3 Å². The first kappa shape index (κ1) is 16.5. The maximum atomic E-state index is 12.5. The van der Waals surface area contributed by atoms with Crippen molar-refractivity contribution in [2.45, 2.75) is 25.4 Å². The summed E-state index contributed by atoms with van der Waals surface area (Å²) in [6.45, 7) is 5.87. The number of rotatable bonds is 6. The zero-order chi connectivity index (χ0) is 16.8. The number of piperidine rings is 1. The average Bonchev–Trinajstić information content (AvgIpc) is 3.14. The van der Waals surface area contributed by atoms with Crippen molar-refractivity contribution >= 4 is 5.91 Å². The molecule has 1 saturated heterocycles. The summed E-state index contributed by atoms with van der Waals surface area (Å²) in [5.41, 5.74) is 1.31. The van der Waals surface area contributed by atoms with E-state index in [-0.39, 0.29) is 11.8 Å². The maximum Gasteiger partial charge on any atom is 0.224 e. The summed E-state index contributed by atoms with van der Waals surface area (Å²) in [6, 6.07) is 14.6. The number of carbonyl (C=O) groups is 1. The number of hydrogen-bond acceptors (Lipinski definition) is 3. The number of hydrogen-bond donors (Lipinski definition) is 1. The van der Waals surface area contributed by atoms with Crippen molar-refractivity contribution < 1.29 is 9.21 Å². The normalized spacial score (nSPS) is 21.3. The molecule has 1 fully saturated rings. The summed E-state index contributed by atoms with van der Waals surface area (Å²) in [4.78, 5) is 14.8. The number of benzene rings is 1. The highest BCUT2D eigenvalue weighted by Gasteiger charge is 2.32. The highest BCUT2D eigenvalue weighted by molar-refractivity contribution is 5.78. The lowest BCUT2D eigenvalue weighted by Crippen LogP contribution is -2.44. The minimum Gasteiger partial charge on any atom is -0.467 e. The second kappa shape index (κ2) is 7.97.